The quantitative estimate of drug-likeness (QED) is 0.919. The third-order valence-corrected chi connectivity index (χ3v) is 3.97. The van der Waals surface area contributed by atoms with Crippen LogP contribution >= 0.6 is 0 Å². The van der Waals surface area contributed by atoms with Gasteiger partial charge in [0.1, 0.15) is 0 Å². The van der Waals surface area contributed by atoms with Gasteiger partial charge in [-0.05, 0) is 18.1 Å². The molecule has 1 aromatic carbocycles. The summed E-state index contributed by atoms with van der Waals surface area (Å²) < 4.78 is 4.99. The number of hydrogen-bond donors (Lipinski definition) is 1. The van der Waals surface area contributed by atoms with E-state index in [0.717, 1.165) is 11.1 Å². The fraction of sp³-hybridized carbons (Fsp3) is 0.375. The Hall–Kier alpha value is -2.70. The average Bonchev–Trinajstić information content (AvgIpc) is 2.96. The van der Waals surface area contributed by atoms with Crippen LogP contribution in [0.25, 0.3) is 0 Å². The lowest BCUT2D eigenvalue weighted by Gasteiger charge is -2.32. The minimum absolute atomic E-state index is 0.110. The second-order valence-electron chi connectivity index (χ2n) is 5.60. The lowest BCUT2D eigenvalue weighted by Crippen LogP contribution is -2.40. The summed E-state index contributed by atoms with van der Waals surface area (Å²) in [5.74, 6) is -0.757. The molecule has 0 spiro atoms. The Morgan fingerprint density at radius 2 is 2.17 bits per heavy atom. The number of aromatic nitrogens is 2. The van der Waals surface area contributed by atoms with Crippen LogP contribution in [0.3, 0.4) is 0 Å². The monoisotopic (exact) mass is 315 g/mol. The number of carbonyl (C=O) groups excluding carboxylic acids is 1. The maximum atomic E-state index is 12.4. The maximum absolute atomic E-state index is 12.4. The molecule has 0 fully saturated rings. The lowest BCUT2D eigenvalue weighted by molar-refractivity contribution is -0.141. The highest BCUT2D eigenvalue weighted by Gasteiger charge is 2.32. The Morgan fingerprint density at radius 1 is 1.39 bits per heavy atom. The minimum atomic E-state index is -0.914. The first-order chi connectivity index (χ1) is 11.0. The van der Waals surface area contributed by atoms with Gasteiger partial charge in [-0.3, -0.25) is 9.59 Å². The number of rotatable bonds is 4. The van der Waals surface area contributed by atoms with E-state index in [1.807, 2.05) is 24.3 Å². The Balaban J connectivity index is 1.71. The van der Waals surface area contributed by atoms with Crippen LogP contribution in [-0.2, 0) is 22.6 Å². The third kappa shape index (κ3) is 3.23. The van der Waals surface area contributed by atoms with E-state index in [2.05, 4.69) is 10.1 Å². The van der Waals surface area contributed by atoms with Crippen molar-refractivity contribution in [2.45, 2.75) is 32.2 Å². The van der Waals surface area contributed by atoms with Gasteiger partial charge in [-0.15, -0.1) is 0 Å². The summed E-state index contributed by atoms with van der Waals surface area (Å²) in [5, 5.41) is 13.1. The highest BCUT2D eigenvalue weighted by Crippen LogP contribution is 2.28. The van der Waals surface area contributed by atoms with Crippen LogP contribution in [-0.4, -0.2) is 38.6 Å². The molecule has 0 bridgehead atoms. The molecule has 1 aliphatic heterocycles. The fourth-order valence-electron chi connectivity index (χ4n) is 2.82. The van der Waals surface area contributed by atoms with Crippen molar-refractivity contribution in [3.05, 3.63) is 47.1 Å². The summed E-state index contributed by atoms with van der Waals surface area (Å²) >= 11 is 0. The summed E-state index contributed by atoms with van der Waals surface area (Å²) in [4.78, 5) is 29.5. The summed E-state index contributed by atoms with van der Waals surface area (Å²) in [6, 6.07) is 7.36. The van der Waals surface area contributed by atoms with Gasteiger partial charge in [0.25, 0.3) is 0 Å². The molecule has 0 saturated carbocycles. The van der Waals surface area contributed by atoms with E-state index in [9.17, 15) is 14.7 Å². The van der Waals surface area contributed by atoms with Gasteiger partial charge in [-0.1, -0.05) is 29.4 Å². The van der Waals surface area contributed by atoms with Crippen LogP contribution in [0.1, 0.15) is 35.2 Å². The lowest BCUT2D eigenvalue weighted by atomic mass is 9.89. The number of carboxylic acid groups (broad SMARTS) is 1. The number of benzene rings is 1. The number of carbonyl (C=O) groups is 2. The van der Waals surface area contributed by atoms with Crippen LogP contribution in [0, 0.1) is 6.92 Å². The largest absolute Gasteiger partial charge is 0.481 e. The predicted octanol–water partition coefficient (Wildman–Crippen LogP) is 1.52. The number of nitrogens with zero attached hydrogens (tertiary/aromatic N) is 3. The van der Waals surface area contributed by atoms with Crippen molar-refractivity contribution in [1.29, 1.82) is 0 Å². The molecule has 1 aromatic heterocycles. The fourth-order valence-corrected chi connectivity index (χ4v) is 2.82. The molecule has 0 saturated heterocycles. The number of aliphatic carboxylic acids is 1. The van der Waals surface area contributed by atoms with Crippen molar-refractivity contribution in [2.24, 2.45) is 0 Å². The van der Waals surface area contributed by atoms with Crippen molar-refractivity contribution in [3.8, 4) is 0 Å². The molecule has 2 heterocycles. The zero-order valence-corrected chi connectivity index (χ0v) is 12.7. The number of aryl methyl sites for hydroxylation is 2. The first kappa shape index (κ1) is 15.2. The molecule has 1 aliphatic rings. The number of fused-ring (bicyclic) bond motifs is 1. The summed E-state index contributed by atoms with van der Waals surface area (Å²) in [5.41, 5.74) is 1.67. The summed E-state index contributed by atoms with van der Waals surface area (Å²) in [7, 11) is 0. The van der Waals surface area contributed by atoms with Crippen molar-refractivity contribution in [1.82, 2.24) is 15.0 Å². The van der Waals surface area contributed by atoms with Crippen LogP contribution in [0.2, 0.25) is 0 Å². The maximum Gasteiger partial charge on any atom is 0.312 e. The van der Waals surface area contributed by atoms with E-state index in [-0.39, 0.29) is 18.9 Å². The van der Waals surface area contributed by atoms with E-state index in [0.29, 0.717) is 24.7 Å². The molecule has 7 nitrogen and oxygen atoms in total. The van der Waals surface area contributed by atoms with Crippen molar-refractivity contribution >= 4 is 11.9 Å². The zero-order valence-electron chi connectivity index (χ0n) is 12.7. The standard InChI is InChI=1S/C16H17N3O4/c1-10-17-14(23-18-10)6-7-15(20)19-8-11-4-2-3-5-12(11)13(9-19)16(21)22/h2-5,13H,6-9H2,1H3,(H,21,22)/t13-/m0/s1. The Bertz CT molecular complexity index is 740. The Morgan fingerprint density at radius 3 is 2.87 bits per heavy atom. The van der Waals surface area contributed by atoms with Crippen LogP contribution in [0.15, 0.2) is 28.8 Å². The van der Waals surface area contributed by atoms with Crippen molar-refractivity contribution in [3.63, 3.8) is 0 Å². The Kier molecular flexibility index (Phi) is 4.10. The van der Waals surface area contributed by atoms with Gasteiger partial charge in [-0.2, -0.15) is 4.98 Å². The minimum Gasteiger partial charge on any atom is -0.481 e. The molecule has 1 N–H and O–H groups in total. The van der Waals surface area contributed by atoms with Gasteiger partial charge < -0.3 is 14.5 Å². The molecule has 7 heteroatoms. The van der Waals surface area contributed by atoms with Gasteiger partial charge in [0.05, 0.1) is 5.92 Å². The van der Waals surface area contributed by atoms with Crippen LogP contribution in [0.5, 0.6) is 0 Å². The molecule has 2 aromatic rings. The SMILES string of the molecule is Cc1noc(CCC(=O)N2Cc3ccccc3[C@@H](C(=O)O)C2)n1. The number of amides is 1. The van der Waals surface area contributed by atoms with Gasteiger partial charge in [0.2, 0.25) is 11.8 Å². The summed E-state index contributed by atoms with van der Waals surface area (Å²) in [6.45, 7) is 2.34. The molecule has 120 valence electrons. The first-order valence-corrected chi connectivity index (χ1v) is 7.42. The molecular weight excluding hydrogens is 298 g/mol. The van der Waals surface area contributed by atoms with Gasteiger partial charge >= 0.3 is 5.97 Å². The topological polar surface area (TPSA) is 96.5 Å². The molecule has 1 amide bonds. The highest BCUT2D eigenvalue weighted by atomic mass is 16.5. The Labute approximate surface area is 132 Å². The molecular formula is C16H17N3O4. The number of carboxylic acids is 1. The highest BCUT2D eigenvalue weighted by molar-refractivity contribution is 5.81. The first-order valence-electron chi connectivity index (χ1n) is 7.42. The van der Waals surface area contributed by atoms with Gasteiger partial charge in [-0.25, -0.2) is 0 Å². The number of hydrogen-bond acceptors (Lipinski definition) is 5. The predicted molar refractivity (Wildman–Crippen MR) is 79.6 cm³/mol. The van der Waals surface area contributed by atoms with Gasteiger partial charge in [0, 0.05) is 25.9 Å². The van der Waals surface area contributed by atoms with E-state index < -0.39 is 11.9 Å². The molecule has 23 heavy (non-hydrogen) atoms. The second-order valence-corrected chi connectivity index (χ2v) is 5.60. The van der Waals surface area contributed by atoms with E-state index in [1.165, 1.54) is 0 Å². The van der Waals surface area contributed by atoms with Crippen molar-refractivity contribution < 1.29 is 19.2 Å². The third-order valence-electron chi connectivity index (χ3n) is 3.97. The second kappa shape index (κ2) is 6.20. The molecule has 0 aliphatic carbocycles. The van der Waals surface area contributed by atoms with Crippen molar-refractivity contribution in [2.75, 3.05) is 6.54 Å². The van der Waals surface area contributed by atoms with Crippen LogP contribution < -0.4 is 0 Å². The summed E-state index contributed by atoms with van der Waals surface area (Å²) in [6.07, 6.45) is 0.575. The normalized spacial score (nSPS) is 16.9. The smallest absolute Gasteiger partial charge is 0.312 e. The molecule has 0 radical (unpaired) electrons. The van der Waals surface area contributed by atoms with Crippen LogP contribution in [0.4, 0.5) is 0 Å². The average molecular weight is 315 g/mol. The van der Waals surface area contributed by atoms with E-state index in [4.69, 9.17) is 4.52 Å². The molecule has 3 rings (SSSR count). The molecule has 1 atom stereocenters. The zero-order chi connectivity index (χ0) is 16.4. The van der Waals surface area contributed by atoms with E-state index >= 15 is 0 Å². The molecule has 0 unspecified atom stereocenters. The van der Waals surface area contributed by atoms with Gasteiger partial charge in [0.15, 0.2) is 5.82 Å². The van der Waals surface area contributed by atoms with E-state index in [1.54, 1.807) is 11.8 Å².